The predicted octanol–water partition coefficient (Wildman–Crippen LogP) is 1.41. The van der Waals surface area contributed by atoms with Crippen molar-refractivity contribution in [3.05, 3.63) is 36.4 Å². The van der Waals surface area contributed by atoms with E-state index in [0.29, 0.717) is 0 Å². The third kappa shape index (κ3) is 4.27. The second-order valence-electron chi connectivity index (χ2n) is 4.43. The zero-order valence-corrected chi connectivity index (χ0v) is 11.6. The quantitative estimate of drug-likeness (QED) is 0.287. The van der Waals surface area contributed by atoms with Gasteiger partial charge in [0.2, 0.25) is 0 Å². The average Bonchev–Trinajstić information content (AvgIpc) is 2.46. The minimum absolute atomic E-state index is 0.0552. The zero-order valence-electron chi connectivity index (χ0n) is 11.6. The number of phenolic OH excluding ortho intramolecular Hbond substituents is 4. The molecule has 0 aromatic heterocycles. The largest absolute Gasteiger partial charge is 0.504 e. The summed E-state index contributed by atoms with van der Waals surface area (Å²) in [5.74, 6) is -3.70. The summed E-state index contributed by atoms with van der Waals surface area (Å²) in [5.41, 5.74) is 0. The van der Waals surface area contributed by atoms with E-state index in [9.17, 15) is 19.8 Å². The lowest BCUT2D eigenvalue weighted by Crippen LogP contribution is -2.18. The summed E-state index contributed by atoms with van der Waals surface area (Å²) in [6.07, 6.45) is -0.719. The number of phenols is 4. The van der Waals surface area contributed by atoms with Crippen molar-refractivity contribution < 1.29 is 39.5 Å². The van der Waals surface area contributed by atoms with Crippen molar-refractivity contribution in [1.29, 1.82) is 0 Å². The minimum atomic E-state index is -0.942. The van der Waals surface area contributed by atoms with Gasteiger partial charge in [-0.2, -0.15) is 0 Å². The second kappa shape index (κ2) is 6.56. The topological polar surface area (TPSA) is 134 Å². The van der Waals surface area contributed by atoms with Gasteiger partial charge in [-0.3, -0.25) is 9.59 Å². The normalized spacial score (nSPS) is 10.1. The molecule has 0 unspecified atom stereocenters. The molecule has 0 radical (unpaired) electrons. The van der Waals surface area contributed by atoms with Gasteiger partial charge < -0.3 is 29.9 Å². The number of hydrogen-bond acceptors (Lipinski definition) is 8. The number of aromatic hydroxyl groups is 4. The van der Waals surface area contributed by atoms with Crippen molar-refractivity contribution in [2.45, 2.75) is 6.42 Å². The molecule has 0 fully saturated rings. The molecule has 0 bridgehead atoms. The van der Waals surface area contributed by atoms with E-state index < -0.39 is 29.9 Å². The molecule has 0 aliphatic rings. The molecule has 0 heterocycles. The first-order valence-corrected chi connectivity index (χ1v) is 6.30. The van der Waals surface area contributed by atoms with Gasteiger partial charge in [-0.25, -0.2) is 0 Å². The minimum Gasteiger partial charge on any atom is -0.504 e. The molecule has 4 N–H and O–H groups in total. The molecule has 0 amide bonds. The van der Waals surface area contributed by atoms with E-state index in [4.69, 9.17) is 19.7 Å². The Morgan fingerprint density at radius 1 is 0.696 bits per heavy atom. The van der Waals surface area contributed by atoms with Crippen LogP contribution in [-0.2, 0) is 9.59 Å². The highest BCUT2D eigenvalue weighted by molar-refractivity contribution is 5.93. The summed E-state index contributed by atoms with van der Waals surface area (Å²) >= 11 is 0. The molecule has 2 rings (SSSR count). The fourth-order valence-corrected chi connectivity index (χ4v) is 1.59. The summed E-state index contributed by atoms with van der Waals surface area (Å²) in [7, 11) is 0. The Bertz CT molecular complexity index is 690. The highest BCUT2D eigenvalue weighted by atomic mass is 16.6. The third-order valence-corrected chi connectivity index (χ3v) is 2.65. The lowest BCUT2D eigenvalue weighted by atomic mass is 10.3. The lowest BCUT2D eigenvalue weighted by molar-refractivity contribution is -0.144. The number of carbonyl (C=O) groups is 2. The molecule has 0 atom stereocenters. The van der Waals surface area contributed by atoms with Crippen molar-refractivity contribution in [1.82, 2.24) is 0 Å². The van der Waals surface area contributed by atoms with Crippen LogP contribution in [0.25, 0.3) is 0 Å². The van der Waals surface area contributed by atoms with Crippen LogP contribution in [0.5, 0.6) is 34.5 Å². The van der Waals surface area contributed by atoms with Gasteiger partial charge in [0, 0.05) is 12.1 Å². The number of ether oxygens (including phenoxy) is 2. The number of benzene rings is 2. The predicted molar refractivity (Wildman–Crippen MR) is 75.4 cm³/mol. The molecule has 120 valence electrons. The molecule has 0 saturated carbocycles. The van der Waals surface area contributed by atoms with Gasteiger partial charge in [-0.05, 0) is 24.3 Å². The summed E-state index contributed by atoms with van der Waals surface area (Å²) in [4.78, 5) is 23.1. The molecular formula is C15H12O8. The Labute approximate surface area is 129 Å². The molecule has 0 aliphatic heterocycles. The van der Waals surface area contributed by atoms with Gasteiger partial charge in [0.15, 0.2) is 23.0 Å². The summed E-state index contributed by atoms with van der Waals surface area (Å²) < 4.78 is 9.60. The first-order chi connectivity index (χ1) is 10.8. The van der Waals surface area contributed by atoms with Gasteiger partial charge in [0.1, 0.15) is 17.9 Å². The number of hydrogen-bond donors (Lipinski definition) is 4. The van der Waals surface area contributed by atoms with Crippen LogP contribution >= 0.6 is 0 Å². The molecule has 8 heteroatoms. The Morgan fingerprint density at radius 2 is 1.09 bits per heavy atom. The Hall–Kier alpha value is -3.42. The number of carbonyl (C=O) groups excluding carboxylic acids is 2. The summed E-state index contributed by atoms with van der Waals surface area (Å²) in [6.45, 7) is 0. The standard InChI is InChI=1S/C15H12O8/c16-10-3-1-8(5-12(10)18)22-14(20)7-15(21)23-9-2-4-11(17)13(19)6-9/h1-6,16-19H,7H2. The van der Waals surface area contributed by atoms with Crippen molar-refractivity contribution in [3.63, 3.8) is 0 Å². The van der Waals surface area contributed by atoms with Crippen LogP contribution in [0.15, 0.2) is 36.4 Å². The maximum absolute atomic E-state index is 11.6. The smallest absolute Gasteiger partial charge is 0.322 e. The molecule has 0 saturated heterocycles. The lowest BCUT2D eigenvalue weighted by Gasteiger charge is -2.07. The van der Waals surface area contributed by atoms with Crippen LogP contribution in [0.4, 0.5) is 0 Å². The fraction of sp³-hybridized carbons (Fsp3) is 0.0667. The van der Waals surface area contributed by atoms with E-state index in [0.717, 1.165) is 24.3 Å². The maximum Gasteiger partial charge on any atom is 0.322 e. The van der Waals surface area contributed by atoms with E-state index in [-0.39, 0.29) is 23.0 Å². The maximum atomic E-state index is 11.6. The number of esters is 2. The zero-order chi connectivity index (χ0) is 17.0. The highest BCUT2D eigenvalue weighted by Crippen LogP contribution is 2.30. The molecule has 23 heavy (non-hydrogen) atoms. The van der Waals surface area contributed by atoms with E-state index in [1.54, 1.807) is 0 Å². The van der Waals surface area contributed by atoms with Gasteiger partial charge in [-0.1, -0.05) is 0 Å². The highest BCUT2D eigenvalue weighted by Gasteiger charge is 2.15. The third-order valence-electron chi connectivity index (χ3n) is 2.65. The van der Waals surface area contributed by atoms with Crippen molar-refractivity contribution in [3.8, 4) is 34.5 Å². The average molecular weight is 320 g/mol. The van der Waals surface area contributed by atoms with E-state index >= 15 is 0 Å². The van der Waals surface area contributed by atoms with Crippen molar-refractivity contribution >= 4 is 11.9 Å². The SMILES string of the molecule is O=C(CC(=O)Oc1ccc(O)c(O)c1)Oc1ccc(O)c(O)c1. The molecular weight excluding hydrogens is 308 g/mol. The molecule has 0 spiro atoms. The van der Waals surface area contributed by atoms with Gasteiger partial charge in [0.05, 0.1) is 0 Å². The molecule has 2 aromatic rings. The van der Waals surface area contributed by atoms with E-state index in [1.807, 2.05) is 0 Å². The Morgan fingerprint density at radius 3 is 1.43 bits per heavy atom. The molecule has 0 aliphatic carbocycles. The van der Waals surface area contributed by atoms with Crippen molar-refractivity contribution in [2.75, 3.05) is 0 Å². The van der Waals surface area contributed by atoms with Gasteiger partial charge >= 0.3 is 11.9 Å². The molecule has 8 nitrogen and oxygen atoms in total. The number of rotatable bonds is 4. The summed E-state index contributed by atoms with van der Waals surface area (Å²) in [5, 5.41) is 36.8. The van der Waals surface area contributed by atoms with Crippen LogP contribution in [-0.4, -0.2) is 32.4 Å². The van der Waals surface area contributed by atoms with E-state index in [1.165, 1.54) is 12.1 Å². The van der Waals surface area contributed by atoms with Crippen LogP contribution in [0.2, 0.25) is 0 Å². The van der Waals surface area contributed by atoms with Crippen LogP contribution in [0.3, 0.4) is 0 Å². The van der Waals surface area contributed by atoms with Crippen LogP contribution in [0, 0.1) is 0 Å². The first-order valence-electron chi connectivity index (χ1n) is 6.30. The first kappa shape index (κ1) is 16.0. The molecule has 2 aromatic carbocycles. The van der Waals surface area contributed by atoms with Crippen LogP contribution in [0.1, 0.15) is 6.42 Å². The fourth-order valence-electron chi connectivity index (χ4n) is 1.59. The Kier molecular flexibility index (Phi) is 4.55. The van der Waals surface area contributed by atoms with Crippen molar-refractivity contribution in [2.24, 2.45) is 0 Å². The Balaban J connectivity index is 1.92. The summed E-state index contributed by atoms with van der Waals surface area (Å²) in [6, 6.07) is 6.73. The van der Waals surface area contributed by atoms with Gasteiger partial charge in [-0.15, -0.1) is 0 Å². The van der Waals surface area contributed by atoms with Gasteiger partial charge in [0.25, 0.3) is 0 Å². The van der Waals surface area contributed by atoms with Crippen LogP contribution < -0.4 is 9.47 Å². The monoisotopic (exact) mass is 320 g/mol. The second-order valence-corrected chi connectivity index (χ2v) is 4.43. The van der Waals surface area contributed by atoms with E-state index in [2.05, 4.69) is 0 Å².